The standard InChI is InChI=1S/C13H22O/c1-9-4-5-11-8-12(14)6-7-13(11,3)10(9)2/h9-11H,4-8H2,1-3H3/t9?,10?,11-,13?/m0/s1. The maximum Gasteiger partial charge on any atom is 0.133 e. The molecular formula is C13H22O. The lowest BCUT2D eigenvalue weighted by molar-refractivity contribution is -0.129. The van der Waals surface area contributed by atoms with Gasteiger partial charge in [0.25, 0.3) is 0 Å². The van der Waals surface area contributed by atoms with E-state index in [2.05, 4.69) is 20.8 Å². The minimum Gasteiger partial charge on any atom is -0.300 e. The van der Waals surface area contributed by atoms with Crippen molar-refractivity contribution < 1.29 is 4.79 Å². The molecule has 2 rings (SSSR count). The van der Waals surface area contributed by atoms with Crippen molar-refractivity contribution in [3.05, 3.63) is 0 Å². The molecule has 0 aromatic rings. The summed E-state index contributed by atoms with van der Waals surface area (Å²) in [4.78, 5) is 11.4. The molecule has 0 heterocycles. The molecule has 2 aliphatic rings. The molecule has 0 radical (unpaired) electrons. The zero-order valence-corrected chi connectivity index (χ0v) is 9.68. The van der Waals surface area contributed by atoms with Crippen molar-refractivity contribution in [1.82, 2.24) is 0 Å². The van der Waals surface area contributed by atoms with Crippen LogP contribution in [0.5, 0.6) is 0 Å². The van der Waals surface area contributed by atoms with Crippen molar-refractivity contribution in [2.45, 2.75) is 52.9 Å². The maximum atomic E-state index is 11.4. The number of fused-ring (bicyclic) bond motifs is 1. The van der Waals surface area contributed by atoms with Crippen LogP contribution >= 0.6 is 0 Å². The van der Waals surface area contributed by atoms with E-state index in [1.165, 1.54) is 12.8 Å². The summed E-state index contributed by atoms with van der Waals surface area (Å²) in [7, 11) is 0. The molecule has 4 atom stereocenters. The van der Waals surface area contributed by atoms with E-state index in [9.17, 15) is 4.79 Å². The second kappa shape index (κ2) is 3.36. The first kappa shape index (κ1) is 10.2. The van der Waals surface area contributed by atoms with Gasteiger partial charge in [-0.2, -0.15) is 0 Å². The van der Waals surface area contributed by atoms with Gasteiger partial charge in [-0.25, -0.2) is 0 Å². The van der Waals surface area contributed by atoms with Crippen LogP contribution in [-0.4, -0.2) is 5.78 Å². The molecule has 2 aliphatic carbocycles. The Morgan fingerprint density at radius 3 is 2.71 bits per heavy atom. The SMILES string of the molecule is CC1CC[C@H]2CC(=O)CCC2(C)C1C. The van der Waals surface area contributed by atoms with Crippen LogP contribution < -0.4 is 0 Å². The van der Waals surface area contributed by atoms with E-state index < -0.39 is 0 Å². The first-order valence-corrected chi connectivity index (χ1v) is 6.05. The van der Waals surface area contributed by atoms with Crippen LogP contribution in [0.1, 0.15) is 52.9 Å². The molecule has 80 valence electrons. The molecule has 0 amide bonds. The predicted octanol–water partition coefficient (Wildman–Crippen LogP) is 3.43. The quantitative estimate of drug-likeness (QED) is 0.577. The summed E-state index contributed by atoms with van der Waals surface area (Å²) in [5, 5.41) is 0. The highest BCUT2D eigenvalue weighted by molar-refractivity contribution is 5.79. The highest BCUT2D eigenvalue weighted by atomic mass is 16.1. The van der Waals surface area contributed by atoms with Gasteiger partial charge < -0.3 is 0 Å². The lowest BCUT2D eigenvalue weighted by atomic mass is 9.53. The molecule has 0 spiro atoms. The first-order chi connectivity index (χ1) is 6.54. The van der Waals surface area contributed by atoms with E-state index in [-0.39, 0.29) is 0 Å². The average molecular weight is 194 g/mol. The summed E-state index contributed by atoms with van der Waals surface area (Å²) >= 11 is 0. The summed E-state index contributed by atoms with van der Waals surface area (Å²) in [6.07, 6.45) is 5.46. The number of hydrogen-bond donors (Lipinski definition) is 0. The van der Waals surface area contributed by atoms with Crippen molar-refractivity contribution in [3.8, 4) is 0 Å². The molecule has 14 heavy (non-hydrogen) atoms. The Morgan fingerprint density at radius 1 is 1.29 bits per heavy atom. The van der Waals surface area contributed by atoms with Crippen molar-refractivity contribution in [2.24, 2.45) is 23.2 Å². The van der Waals surface area contributed by atoms with Crippen molar-refractivity contribution in [2.75, 3.05) is 0 Å². The largest absolute Gasteiger partial charge is 0.300 e. The van der Waals surface area contributed by atoms with Crippen LogP contribution in [0.25, 0.3) is 0 Å². The van der Waals surface area contributed by atoms with Gasteiger partial charge in [0.2, 0.25) is 0 Å². The smallest absolute Gasteiger partial charge is 0.133 e. The number of rotatable bonds is 0. The van der Waals surface area contributed by atoms with Crippen molar-refractivity contribution >= 4 is 5.78 Å². The van der Waals surface area contributed by atoms with Crippen LogP contribution in [-0.2, 0) is 4.79 Å². The molecule has 2 saturated carbocycles. The lowest BCUT2D eigenvalue weighted by Crippen LogP contribution is -2.45. The molecule has 2 fully saturated rings. The van der Waals surface area contributed by atoms with Crippen molar-refractivity contribution in [3.63, 3.8) is 0 Å². The Labute approximate surface area is 87.3 Å². The van der Waals surface area contributed by atoms with Crippen LogP contribution in [0.2, 0.25) is 0 Å². The fourth-order valence-corrected chi connectivity index (χ4v) is 3.62. The molecule has 0 aromatic carbocycles. The number of carbonyl (C=O) groups is 1. The van der Waals surface area contributed by atoms with Gasteiger partial charge in [-0.05, 0) is 36.0 Å². The molecule has 3 unspecified atom stereocenters. The van der Waals surface area contributed by atoms with Gasteiger partial charge in [-0.15, -0.1) is 0 Å². The van der Waals surface area contributed by atoms with Crippen LogP contribution in [0, 0.1) is 23.2 Å². The Bertz CT molecular complexity index is 246. The van der Waals surface area contributed by atoms with E-state index in [4.69, 9.17) is 0 Å². The monoisotopic (exact) mass is 194 g/mol. The molecule has 0 N–H and O–H groups in total. The Hall–Kier alpha value is -0.330. The van der Waals surface area contributed by atoms with Crippen LogP contribution in [0.4, 0.5) is 0 Å². The van der Waals surface area contributed by atoms with E-state index >= 15 is 0 Å². The minimum absolute atomic E-state index is 0.464. The Balaban J connectivity index is 2.20. The topological polar surface area (TPSA) is 17.1 Å². The van der Waals surface area contributed by atoms with E-state index in [0.29, 0.717) is 17.1 Å². The average Bonchev–Trinajstić information content (AvgIpc) is 2.16. The number of carbonyl (C=O) groups excluding carboxylic acids is 1. The second-order valence-corrected chi connectivity index (χ2v) is 5.79. The van der Waals surface area contributed by atoms with Gasteiger partial charge in [0.05, 0.1) is 0 Å². The van der Waals surface area contributed by atoms with Gasteiger partial charge in [0, 0.05) is 12.8 Å². The van der Waals surface area contributed by atoms with E-state index in [1.807, 2.05) is 0 Å². The third kappa shape index (κ3) is 1.41. The summed E-state index contributed by atoms with van der Waals surface area (Å²) < 4.78 is 0. The molecule has 0 saturated heterocycles. The van der Waals surface area contributed by atoms with Gasteiger partial charge in [0.15, 0.2) is 0 Å². The van der Waals surface area contributed by atoms with Crippen LogP contribution in [0.3, 0.4) is 0 Å². The van der Waals surface area contributed by atoms with Gasteiger partial charge >= 0.3 is 0 Å². The fraction of sp³-hybridized carbons (Fsp3) is 0.923. The van der Waals surface area contributed by atoms with E-state index in [0.717, 1.165) is 31.1 Å². The van der Waals surface area contributed by atoms with Gasteiger partial charge in [-0.1, -0.05) is 27.2 Å². The molecule has 0 aliphatic heterocycles. The third-order valence-corrected chi connectivity index (χ3v) is 5.21. The van der Waals surface area contributed by atoms with Crippen molar-refractivity contribution in [1.29, 1.82) is 0 Å². The van der Waals surface area contributed by atoms with Gasteiger partial charge in [-0.3, -0.25) is 4.79 Å². The molecular weight excluding hydrogens is 172 g/mol. The number of Topliss-reactive ketones (excluding diaryl/α,β-unsaturated/α-hetero) is 1. The van der Waals surface area contributed by atoms with Gasteiger partial charge in [0.1, 0.15) is 5.78 Å². The zero-order chi connectivity index (χ0) is 10.3. The van der Waals surface area contributed by atoms with Crippen LogP contribution in [0.15, 0.2) is 0 Å². The first-order valence-electron chi connectivity index (χ1n) is 6.05. The lowest BCUT2D eigenvalue weighted by Gasteiger charge is -2.51. The molecule has 1 heteroatoms. The normalized spacial score (nSPS) is 48.8. The molecule has 0 bridgehead atoms. The number of hydrogen-bond acceptors (Lipinski definition) is 1. The fourth-order valence-electron chi connectivity index (χ4n) is 3.62. The third-order valence-electron chi connectivity index (χ3n) is 5.21. The maximum absolute atomic E-state index is 11.4. The highest BCUT2D eigenvalue weighted by Gasteiger charge is 2.47. The predicted molar refractivity (Wildman–Crippen MR) is 58.0 cm³/mol. The number of ketones is 1. The second-order valence-electron chi connectivity index (χ2n) is 5.79. The Morgan fingerprint density at radius 2 is 2.00 bits per heavy atom. The summed E-state index contributed by atoms with van der Waals surface area (Å²) in [6, 6.07) is 0. The minimum atomic E-state index is 0.464. The highest BCUT2D eigenvalue weighted by Crippen LogP contribution is 2.54. The molecule has 0 aromatic heterocycles. The zero-order valence-electron chi connectivity index (χ0n) is 9.68. The summed E-state index contributed by atoms with van der Waals surface area (Å²) in [5.41, 5.74) is 0.464. The summed E-state index contributed by atoms with van der Waals surface area (Å²) in [6.45, 7) is 7.19. The molecule has 1 nitrogen and oxygen atoms in total. The van der Waals surface area contributed by atoms with E-state index in [1.54, 1.807) is 0 Å². The Kier molecular flexibility index (Phi) is 2.45. The summed E-state index contributed by atoms with van der Waals surface area (Å²) in [5.74, 6) is 2.85.